The van der Waals surface area contributed by atoms with Crippen molar-refractivity contribution in [2.24, 2.45) is 5.73 Å². The SMILES string of the molecule is CN(C(=O)C(O)CN)c1ccc2c(c1)OCCCO2. The highest BCUT2D eigenvalue weighted by Gasteiger charge is 2.20. The van der Waals surface area contributed by atoms with Crippen LogP contribution < -0.4 is 20.1 Å². The molecule has 1 aliphatic heterocycles. The highest BCUT2D eigenvalue weighted by molar-refractivity contribution is 5.96. The number of nitrogens with zero attached hydrogens (tertiary/aromatic N) is 1. The molecule has 1 amide bonds. The fraction of sp³-hybridized carbons (Fsp3) is 0.462. The van der Waals surface area contributed by atoms with Gasteiger partial charge in [-0.3, -0.25) is 4.79 Å². The number of hydrogen-bond donors (Lipinski definition) is 2. The Kier molecular flexibility index (Phi) is 4.24. The molecule has 104 valence electrons. The zero-order chi connectivity index (χ0) is 13.8. The van der Waals surface area contributed by atoms with Crippen molar-refractivity contribution >= 4 is 11.6 Å². The number of benzene rings is 1. The number of likely N-dealkylation sites (N-methyl/N-ethyl adjacent to an activating group) is 1. The first-order valence-corrected chi connectivity index (χ1v) is 6.19. The van der Waals surface area contributed by atoms with E-state index in [2.05, 4.69) is 0 Å². The Morgan fingerprint density at radius 3 is 2.79 bits per heavy atom. The molecule has 0 saturated heterocycles. The second kappa shape index (κ2) is 5.90. The van der Waals surface area contributed by atoms with E-state index in [0.717, 1.165) is 6.42 Å². The zero-order valence-corrected chi connectivity index (χ0v) is 10.8. The van der Waals surface area contributed by atoms with Crippen LogP contribution in [0.2, 0.25) is 0 Å². The number of fused-ring (bicyclic) bond motifs is 1. The normalized spacial score (nSPS) is 15.5. The third kappa shape index (κ3) is 2.97. The minimum absolute atomic E-state index is 0.103. The van der Waals surface area contributed by atoms with Gasteiger partial charge in [-0.25, -0.2) is 0 Å². The topological polar surface area (TPSA) is 85.0 Å². The molecule has 0 fully saturated rings. The molecule has 1 aromatic rings. The van der Waals surface area contributed by atoms with Gasteiger partial charge in [0.1, 0.15) is 6.10 Å². The molecule has 19 heavy (non-hydrogen) atoms. The average molecular weight is 266 g/mol. The highest BCUT2D eigenvalue weighted by Crippen LogP contribution is 2.33. The van der Waals surface area contributed by atoms with Gasteiger partial charge in [0.25, 0.3) is 5.91 Å². The van der Waals surface area contributed by atoms with E-state index in [9.17, 15) is 9.90 Å². The monoisotopic (exact) mass is 266 g/mol. The highest BCUT2D eigenvalue weighted by atomic mass is 16.5. The Balaban J connectivity index is 2.21. The predicted molar refractivity (Wildman–Crippen MR) is 70.5 cm³/mol. The Bertz CT molecular complexity index is 464. The van der Waals surface area contributed by atoms with Gasteiger partial charge in [-0.05, 0) is 12.1 Å². The lowest BCUT2D eigenvalue weighted by molar-refractivity contribution is -0.125. The number of aliphatic hydroxyl groups excluding tert-OH is 1. The van der Waals surface area contributed by atoms with E-state index in [1.165, 1.54) is 4.90 Å². The molecule has 1 atom stereocenters. The summed E-state index contributed by atoms with van der Waals surface area (Å²) in [6, 6.07) is 5.23. The largest absolute Gasteiger partial charge is 0.490 e. The number of aliphatic hydroxyl groups is 1. The maximum absolute atomic E-state index is 11.8. The van der Waals surface area contributed by atoms with E-state index in [4.69, 9.17) is 15.2 Å². The van der Waals surface area contributed by atoms with E-state index in [0.29, 0.717) is 30.4 Å². The van der Waals surface area contributed by atoms with Crippen LogP contribution in [0.1, 0.15) is 6.42 Å². The average Bonchev–Trinajstić information content (AvgIpc) is 2.69. The smallest absolute Gasteiger partial charge is 0.256 e. The van der Waals surface area contributed by atoms with E-state index in [1.807, 2.05) is 0 Å². The molecule has 1 heterocycles. The van der Waals surface area contributed by atoms with Crippen molar-refractivity contribution in [3.63, 3.8) is 0 Å². The first kappa shape index (κ1) is 13.6. The van der Waals surface area contributed by atoms with Gasteiger partial charge in [0, 0.05) is 31.8 Å². The number of nitrogens with two attached hydrogens (primary N) is 1. The first-order chi connectivity index (χ1) is 9.13. The lowest BCUT2D eigenvalue weighted by Crippen LogP contribution is -2.40. The molecular formula is C13H18N2O4. The van der Waals surface area contributed by atoms with E-state index in [1.54, 1.807) is 25.2 Å². The van der Waals surface area contributed by atoms with Gasteiger partial charge in [-0.1, -0.05) is 0 Å². The minimum Gasteiger partial charge on any atom is -0.490 e. The van der Waals surface area contributed by atoms with Gasteiger partial charge < -0.3 is 25.2 Å². The van der Waals surface area contributed by atoms with Crippen molar-refractivity contribution in [3.8, 4) is 11.5 Å². The maximum Gasteiger partial charge on any atom is 0.256 e. The summed E-state index contributed by atoms with van der Waals surface area (Å²) in [4.78, 5) is 13.2. The Hall–Kier alpha value is -1.79. The van der Waals surface area contributed by atoms with Crippen LogP contribution in [-0.2, 0) is 4.79 Å². The van der Waals surface area contributed by atoms with E-state index >= 15 is 0 Å². The molecule has 1 aliphatic rings. The van der Waals surface area contributed by atoms with Crippen LogP contribution in [0, 0.1) is 0 Å². The second-order valence-electron chi connectivity index (χ2n) is 4.33. The van der Waals surface area contributed by atoms with E-state index in [-0.39, 0.29) is 6.54 Å². The van der Waals surface area contributed by atoms with Crippen molar-refractivity contribution in [3.05, 3.63) is 18.2 Å². The summed E-state index contributed by atoms with van der Waals surface area (Å²) in [7, 11) is 1.58. The van der Waals surface area contributed by atoms with Crippen LogP contribution in [0.4, 0.5) is 5.69 Å². The Labute approximate surface area is 111 Å². The van der Waals surface area contributed by atoms with E-state index < -0.39 is 12.0 Å². The van der Waals surface area contributed by atoms with Gasteiger partial charge >= 0.3 is 0 Å². The molecule has 2 rings (SSSR count). The minimum atomic E-state index is -1.19. The lowest BCUT2D eigenvalue weighted by Gasteiger charge is -2.21. The number of ether oxygens (including phenoxy) is 2. The molecule has 0 radical (unpaired) electrons. The summed E-state index contributed by atoms with van der Waals surface area (Å²) in [5, 5.41) is 9.47. The van der Waals surface area contributed by atoms with Gasteiger partial charge in [-0.15, -0.1) is 0 Å². The van der Waals surface area contributed by atoms with Crippen molar-refractivity contribution in [2.45, 2.75) is 12.5 Å². The standard InChI is InChI=1S/C13H18N2O4/c1-15(13(17)10(16)8-14)9-3-4-11-12(7-9)19-6-2-5-18-11/h3-4,7,10,16H,2,5-6,8,14H2,1H3. The Morgan fingerprint density at radius 2 is 2.11 bits per heavy atom. The summed E-state index contributed by atoms with van der Waals surface area (Å²) in [5.74, 6) is 0.829. The number of rotatable bonds is 3. The lowest BCUT2D eigenvalue weighted by atomic mass is 10.2. The van der Waals surface area contributed by atoms with Gasteiger partial charge in [-0.2, -0.15) is 0 Å². The summed E-state index contributed by atoms with van der Waals surface area (Å²) in [5.41, 5.74) is 5.90. The number of carbonyl (C=O) groups excluding carboxylic acids is 1. The van der Waals surface area contributed by atoms with Crippen LogP contribution >= 0.6 is 0 Å². The van der Waals surface area contributed by atoms with Crippen LogP contribution in [0.5, 0.6) is 11.5 Å². The second-order valence-corrected chi connectivity index (χ2v) is 4.33. The molecular weight excluding hydrogens is 248 g/mol. The summed E-state index contributed by atoms with van der Waals surface area (Å²) in [6.45, 7) is 1.10. The predicted octanol–water partition coefficient (Wildman–Crippen LogP) is 0.130. The number of anilines is 1. The quantitative estimate of drug-likeness (QED) is 0.812. The van der Waals surface area contributed by atoms with Crippen molar-refractivity contribution in [1.29, 1.82) is 0 Å². The van der Waals surface area contributed by atoms with Crippen LogP contribution in [-0.4, -0.2) is 43.9 Å². The molecule has 1 aromatic carbocycles. The molecule has 1 unspecified atom stereocenters. The summed E-state index contributed by atoms with van der Waals surface area (Å²) >= 11 is 0. The van der Waals surface area contributed by atoms with Gasteiger partial charge in [0.05, 0.1) is 13.2 Å². The molecule has 0 aliphatic carbocycles. The summed E-state index contributed by atoms with van der Waals surface area (Å²) < 4.78 is 11.1. The van der Waals surface area contributed by atoms with Crippen LogP contribution in [0.25, 0.3) is 0 Å². The Morgan fingerprint density at radius 1 is 1.42 bits per heavy atom. The fourth-order valence-corrected chi connectivity index (χ4v) is 1.81. The number of hydrogen-bond acceptors (Lipinski definition) is 5. The van der Waals surface area contributed by atoms with Crippen molar-refractivity contribution < 1.29 is 19.4 Å². The molecule has 3 N–H and O–H groups in total. The molecule has 0 saturated carbocycles. The van der Waals surface area contributed by atoms with Gasteiger partial charge in [0.15, 0.2) is 11.5 Å². The van der Waals surface area contributed by atoms with Gasteiger partial charge in [0.2, 0.25) is 0 Å². The fourth-order valence-electron chi connectivity index (χ4n) is 1.81. The van der Waals surface area contributed by atoms with Crippen LogP contribution in [0.15, 0.2) is 18.2 Å². The molecule has 0 spiro atoms. The van der Waals surface area contributed by atoms with Crippen LogP contribution in [0.3, 0.4) is 0 Å². The number of amides is 1. The molecule has 0 bridgehead atoms. The van der Waals surface area contributed by atoms with Crippen molar-refractivity contribution in [2.75, 3.05) is 31.7 Å². The van der Waals surface area contributed by atoms with Crippen molar-refractivity contribution in [1.82, 2.24) is 0 Å². The maximum atomic E-state index is 11.8. The molecule has 0 aromatic heterocycles. The first-order valence-electron chi connectivity index (χ1n) is 6.19. The molecule has 6 heteroatoms. The third-order valence-electron chi connectivity index (χ3n) is 2.96. The number of carbonyl (C=O) groups is 1. The summed E-state index contributed by atoms with van der Waals surface area (Å²) in [6.07, 6.45) is -0.369. The molecule has 6 nitrogen and oxygen atoms in total. The third-order valence-corrected chi connectivity index (χ3v) is 2.96. The zero-order valence-electron chi connectivity index (χ0n) is 10.8.